The van der Waals surface area contributed by atoms with Crippen LogP contribution < -0.4 is 4.74 Å². The number of aldehydes is 1. The molecule has 1 aromatic rings. The standard InChI is InChI=1S/C13H15NO4/c15-9-11-2-1-3-12(8-11)18-10-13(16)14-4-6-17-7-5-14/h1-3,8-9H,4-7,10H2. The topological polar surface area (TPSA) is 55.8 Å². The molecule has 5 heteroatoms. The van der Waals surface area contributed by atoms with Gasteiger partial charge in [0.05, 0.1) is 13.2 Å². The minimum atomic E-state index is -0.0604. The maximum atomic E-state index is 11.8. The van der Waals surface area contributed by atoms with Crippen LogP contribution in [0.5, 0.6) is 5.75 Å². The Morgan fingerprint density at radius 3 is 2.89 bits per heavy atom. The zero-order valence-electron chi connectivity index (χ0n) is 10.0. The van der Waals surface area contributed by atoms with Crippen molar-refractivity contribution in [3.8, 4) is 5.75 Å². The molecule has 0 radical (unpaired) electrons. The predicted octanol–water partition coefficient (Wildman–Crippen LogP) is 0.737. The molecule has 0 aliphatic carbocycles. The molecule has 18 heavy (non-hydrogen) atoms. The highest BCUT2D eigenvalue weighted by Gasteiger charge is 2.16. The molecule has 1 fully saturated rings. The van der Waals surface area contributed by atoms with Gasteiger partial charge in [-0.2, -0.15) is 0 Å². The zero-order chi connectivity index (χ0) is 12.8. The van der Waals surface area contributed by atoms with Crippen molar-refractivity contribution < 1.29 is 19.1 Å². The molecule has 1 saturated heterocycles. The summed E-state index contributed by atoms with van der Waals surface area (Å²) in [5, 5.41) is 0. The molecular weight excluding hydrogens is 234 g/mol. The molecule has 1 aliphatic heterocycles. The van der Waals surface area contributed by atoms with Crippen LogP contribution in [-0.4, -0.2) is 50.0 Å². The first-order chi connectivity index (χ1) is 8.79. The van der Waals surface area contributed by atoms with E-state index in [1.54, 1.807) is 29.2 Å². The normalized spacial score (nSPS) is 15.2. The molecule has 1 heterocycles. The van der Waals surface area contributed by atoms with Gasteiger partial charge in [0.1, 0.15) is 12.0 Å². The van der Waals surface area contributed by atoms with Crippen LogP contribution in [-0.2, 0) is 9.53 Å². The van der Waals surface area contributed by atoms with Crippen molar-refractivity contribution in [3.63, 3.8) is 0 Å². The van der Waals surface area contributed by atoms with E-state index in [-0.39, 0.29) is 12.5 Å². The van der Waals surface area contributed by atoms with Crippen LogP contribution in [0.2, 0.25) is 0 Å². The van der Waals surface area contributed by atoms with E-state index < -0.39 is 0 Å². The van der Waals surface area contributed by atoms with E-state index in [9.17, 15) is 9.59 Å². The molecule has 0 N–H and O–H groups in total. The van der Waals surface area contributed by atoms with Gasteiger partial charge >= 0.3 is 0 Å². The Morgan fingerprint density at radius 2 is 2.17 bits per heavy atom. The summed E-state index contributed by atoms with van der Waals surface area (Å²) in [4.78, 5) is 24.1. The summed E-state index contributed by atoms with van der Waals surface area (Å²) in [7, 11) is 0. The first-order valence-corrected chi connectivity index (χ1v) is 5.83. The van der Waals surface area contributed by atoms with Crippen LogP contribution in [0.15, 0.2) is 24.3 Å². The number of carbonyl (C=O) groups is 2. The fourth-order valence-electron chi connectivity index (χ4n) is 1.73. The molecule has 0 saturated carbocycles. The van der Waals surface area contributed by atoms with Gasteiger partial charge in [0.15, 0.2) is 6.61 Å². The maximum absolute atomic E-state index is 11.8. The van der Waals surface area contributed by atoms with Crippen LogP contribution in [0.4, 0.5) is 0 Å². The van der Waals surface area contributed by atoms with Gasteiger partial charge in [-0.05, 0) is 12.1 Å². The van der Waals surface area contributed by atoms with Crippen molar-refractivity contribution in [2.75, 3.05) is 32.9 Å². The number of rotatable bonds is 4. The third-order valence-electron chi connectivity index (χ3n) is 2.72. The number of nitrogens with zero attached hydrogens (tertiary/aromatic N) is 1. The number of hydrogen-bond acceptors (Lipinski definition) is 4. The summed E-state index contributed by atoms with van der Waals surface area (Å²) in [6.07, 6.45) is 0.747. The SMILES string of the molecule is O=Cc1cccc(OCC(=O)N2CCOCC2)c1. The Bertz CT molecular complexity index is 427. The average molecular weight is 249 g/mol. The van der Waals surface area contributed by atoms with E-state index in [0.29, 0.717) is 37.6 Å². The third kappa shape index (κ3) is 3.30. The van der Waals surface area contributed by atoms with E-state index in [1.807, 2.05) is 0 Å². The number of hydrogen-bond donors (Lipinski definition) is 0. The average Bonchev–Trinajstić information content (AvgIpc) is 2.46. The molecule has 0 bridgehead atoms. The van der Waals surface area contributed by atoms with Crippen molar-refractivity contribution in [1.29, 1.82) is 0 Å². The Balaban J connectivity index is 1.86. The Kier molecular flexibility index (Phi) is 4.30. The summed E-state index contributed by atoms with van der Waals surface area (Å²) in [5.41, 5.74) is 0.534. The summed E-state index contributed by atoms with van der Waals surface area (Å²) < 4.78 is 10.5. The number of amides is 1. The van der Waals surface area contributed by atoms with Crippen LogP contribution in [0, 0.1) is 0 Å². The molecule has 0 atom stereocenters. The van der Waals surface area contributed by atoms with E-state index in [0.717, 1.165) is 6.29 Å². The highest BCUT2D eigenvalue weighted by atomic mass is 16.5. The van der Waals surface area contributed by atoms with E-state index in [1.165, 1.54) is 0 Å². The number of carbonyl (C=O) groups excluding carboxylic acids is 2. The van der Waals surface area contributed by atoms with Crippen LogP contribution in [0.3, 0.4) is 0 Å². The summed E-state index contributed by atoms with van der Waals surface area (Å²) in [5.74, 6) is 0.469. The van der Waals surface area contributed by atoms with Gasteiger partial charge in [0.2, 0.25) is 0 Å². The van der Waals surface area contributed by atoms with Gasteiger partial charge in [0, 0.05) is 18.7 Å². The van der Waals surface area contributed by atoms with Gasteiger partial charge < -0.3 is 14.4 Å². The van der Waals surface area contributed by atoms with Crippen molar-refractivity contribution in [2.24, 2.45) is 0 Å². The van der Waals surface area contributed by atoms with Gasteiger partial charge in [-0.1, -0.05) is 12.1 Å². The lowest BCUT2D eigenvalue weighted by Crippen LogP contribution is -2.42. The fourth-order valence-corrected chi connectivity index (χ4v) is 1.73. The van der Waals surface area contributed by atoms with Gasteiger partial charge in [-0.25, -0.2) is 0 Å². The first kappa shape index (κ1) is 12.6. The summed E-state index contributed by atoms with van der Waals surface area (Å²) >= 11 is 0. The second-order valence-corrected chi connectivity index (χ2v) is 3.97. The minimum absolute atomic E-state index is 0.0116. The number of benzene rings is 1. The fraction of sp³-hybridized carbons (Fsp3) is 0.385. The van der Waals surface area contributed by atoms with Crippen LogP contribution in [0.25, 0.3) is 0 Å². The smallest absolute Gasteiger partial charge is 0.260 e. The monoisotopic (exact) mass is 249 g/mol. The Morgan fingerprint density at radius 1 is 1.39 bits per heavy atom. The van der Waals surface area contributed by atoms with Crippen molar-refractivity contribution in [1.82, 2.24) is 4.90 Å². The predicted molar refractivity (Wildman–Crippen MR) is 64.7 cm³/mol. The molecule has 1 amide bonds. The van der Waals surface area contributed by atoms with Crippen molar-refractivity contribution in [3.05, 3.63) is 29.8 Å². The molecule has 1 aromatic carbocycles. The Hall–Kier alpha value is -1.88. The van der Waals surface area contributed by atoms with Gasteiger partial charge in [-0.3, -0.25) is 9.59 Å². The zero-order valence-corrected chi connectivity index (χ0v) is 10.0. The van der Waals surface area contributed by atoms with E-state index >= 15 is 0 Å². The maximum Gasteiger partial charge on any atom is 0.260 e. The molecule has 2 rings (SSSR count). The lowest BCUT2D eigenvalue weighted by Gasteiger charge is -2.26. The number of morpholine rings is 1. The molecule has 5 nitrogen and oxygen atoms in total. The van der Waals surface area contributed by atoms with E-state index in [2.05, 4.69) is 0 Å². The third-order valence-corrected chi connectivity index (χ3v) is 2.72. The molecule has 1 aliphatic rings. The van der Waals surface area contributed by atoms with Crippen molar-refractivity contribution >= 4 is 12.2 Å². The Labute approximate surface area is 105 Å². The highest BCUT2D eigenvalue weighted by molar-refractivity contribution is 5.78. The van der Waals surface area contributed by atoms with E-state index in [4.69, 9.17) is 9.47 Å². The molecule has 0 unspecified atom stereocenters. The summed E-state index contributed by atoms with van der Waals surface area (Å²) in [6, 6.07) is 6.74. The van der Waals surface area contributed by atoms with Gasteiger partial charge in [-0.15, -0.1) is 0 Å². The van der Waals surface area contributed by atoms with Crippen LogP contribution in [0.1, 0.15) is 10.4 Å². The molecular formula is C13H15NO4. The molecule has 0 spiro atoms. The first-order valence-electron chi connectivity index (χ1n) is 5.83. The highest BCUT2D eigenvalue weighted by Crippen LogP contribution is 2.12. The largest absolute Gasteiger partial charge is 0.484 e. The summed E-state index contributed by atoms with van der Waals surface area (Å²) in [6.45, 7) is 2.36. The van der Waals surface area contributed by atoms with Crippen molar-refractivity contribution in [2.45, 2.75) is 0 Å². The molecule has 96 valence electrons. The second kappa shape index (κ2) is 6.16. The van der Waals surface area contributed by atoms with Gasteiger partial charge in [0.25, 0.3) is 5.91 Å². The lowest BCUT2D eigenvalue weighted by molar-refractivity contribution is -0.137. The number of ether oxygens (including phenoxy) is 2. The van der Waals surface area contributed by atoms with Crippen LogP contribution >= 0.6 is 0 Å². The minimum Gasteiger partial charge on any atom is -0.484 e. The molecule has 0 aromatic heterocycles. The second-order valence-electron chi connectivity index (χ2n) is 3.97. The lowest BCUT2D eigenvalue weighted by atomic mass is 10.2. The quantitative estimate of drug-likeness (QED) is 0.738.